The lowest BCUT2D eigenvalue weighted by Gasteiger charge is -2.35. The highest BCUT2D eigenvalue weighted by Crippen LogP contribution is 2.29. The highest BCUT2D eigenvalue weighted by Gasteiger charge is 2.49. The molecule has 0 aromatic heterocycles. The maximum Gasteiger partial charge on any atom is 0.325 e. The van der Waals surface area contributed by atoms with Gasteiger partial charge in [-0.2, -0.15) is 0 Å². The molecule has 0 aliphatic carbocycles. The summed E-state index contributed by atoms with van der Waals surface area (Å²) in [4.78, 5) is 43.4. The molecule has 2 aromatic rings. The van der Waals surface area contributed by atoms with Crippen LogP contribution in [0.15, 0.2) is 54.6 Å². The molecule has 0 radical (unpaired) electrons. The molecule has 0 bridgehead atoms. The molecule has 7 nitrogen and oxygen atoms in total. The second-order valence-electron chi connectivity index (χ2n) is 8.10. The standard InChI is InChI=1S/C23H25ClN4O3/c1-23(18-7-9-19(24)10-8-18)21(30)28(22(31)25-23)16-20(29)27-13-11-26(12-14-27)15-17-5-3-2-4-6-17/h2-10H,11-16H2,1H3,(H,25,31). The number of hydrogen-bond acceptors (Lipinski definition) is 4. The van der Waals surface area contributed by atoms with Gasteiger partial charge in [0.25, 0.3) is 5.91 Å². The van der Waals surface area contributed by atoms with Crippen molar-refractivity contribution in [1.82, 2.24) is 20.0 Å². The Bertz CT molecular complexity index is 974. The molecule has 0 spiro atoms. The van der Waals surface area contributed by atoms with Crippen molar-refractivity contribution in [2.45, 2.75) is 19.0 Å². The van der Waals surface area contributed by atoms with Crippen molar-refractivity contribution >= 4 is 29.4 Å². The topological polar surface area (TPSA) is 73.0 Å². The van der Waals surface area contributed by atoms with Crippen molar-refractivity contribution in [3.05, 3.63) is 70.7 Å². The molecule has 31 heavy (non-hydrogen) atoms. The van der Waals surface area contributed by atoms with Gasteiger partial charge in [0.2, 0.25) is 5.91 Å². The Morgan fingerprint density at radius 1 is 1.00 bits per heavy atom. The summed E-state index contributed by atoms with van der Waals surface area (Å²) in [6.45, 7) is 4.88. The Labute approximate surface area is 186 Å². The zero-order valence-electron chi connectivity index (χ0n) is 17.4. The minimum atomic E-state index is -1.21. The predicted molar refractivity (Wildman–Crippen MR) is 117 cm³/mol. The van der Waals surface area contributed by atoms with Crippen molar-refractivity contribution in [2.75, 3.05) is 32.7 Å². The minimum absolute atomic E-state index is 0.219. The van der Waals surface area contributed by atoms with Gasteiger partial charge in [-0.05, 0) is 30.2 Å². The lowest BCUT2D eigenvalue weighted by molar-refractivity contribution is -0.139. The van der Waals surface area contributed by atoms with Gasteiger partial charge in [-0.3, -0.25) is 19.4 Å². The number of halogens is 1. The average molecular weight is 441 g/mol. The van der Waals surface area contributed by atoms with Crippen LogP contribution in [-0.2, 0) is 21.7 Å². The first kappa shape index (κ1) is 21.3. The number of carbonyl (C=O) groups excluding carboxylic acids is 3. The van der Waals surface area contributed by atoms with Crippen LogP contribution in [-0.4, -0.2) is 65.3 Å². The first-order valence-corrected chi connectivity index (χ1v) is 10.7. The fourth-order valence-corrected chi connectivity index (χ4v) is 4.18. The number of rotatable bonds is 5. The van der Waals surface area contributed by atoms with Crippen LogP contribution in [0.4, 0.5) is 4.79 Å². The molecule has 4 rings (SSSR count). The molecule has 1 unspecified atom stereocenters. The summed E-state index contributed by atoms with van der Waals surface area (Å²) < 4.78 is 0. The van der Waals surface area contributed by atoms with E-state index < -0.39 is 17.5 Å². The van der Waals surface area contributed by atoms with Crippen LogP contribution in [0.25, 0.3) is 0 Å². The molecule has 2 heterocycles. The fourth-order valence-electron chi connectivity index (χ4n) is 4.05. The van der Waals surface area contributed by atoms with Crippen LogP contribution in [0.1, 0.15) is 18.1 Å². The molecule has 0 saturated carbocycles. The second kappa shape index (κ2) is 8.69. The molecule has 162 valence electrons. The normalized spacial score (nSPS) is 22.0. The minimum Gasteiger partial charge on any atom is -0.339 e. The first-order valence-electron chi connectivity index (χ1n) is 10.3. The smallest absolute Gasteiger partial charge is 0.325 e. The summed E-state index contributed by atoms with van der Waals surface area (Å²) in [5.41, 5.74) is 0.652. The van der Waals surface area contributed by atoms with Crippen LogP contribution in [0.2, 0.25) is 5.02 Å². The number of piperazine rings is 1. The SMILES string of the molecule is CC1(c2ccc(Cl)cc2)NC(=O)N(CC(=O)N2CCN(Cc3ccccc3)CC2)C1=O. The predicted octanol–water partition coefficient (Wildman–Crippen LogP) is 2.45. The number of nitrogens with zero attached hydrogens (tertiary/aromatic N) is 3. The maximum absolute atomic E-state index is 13.0. The van der Waals surface area contributed by atoms with E-state index in [4.69, 9.17) is 11.6 Å². The molecule has 2 saturated heterocycles. The lowest BCUT2D eigenvalue weighted by atomic mass is 9.92. The average Bonchev–Trinajstić information content (AvgIpc) is 2.99. The number of amides is 4. The number of imide groups is 1. The number of nitrogens with one attached hydrogen (secondary N) is 1. The van der Waals surface area contributed by atoms with E-state index in [2.05, 4.69) is 22.3 Å². The third kappa shape index (κ3) is 4.43. The van der Waals surface area contributed by atoms with Crippen molar-refractivity contribution < 1.29 is 14.4 Å². The Morgan fingerprint density at radius 3 is 2.29 bits per heavy atom. The highest BCUT2D eigenvalue weighted by molar-refractivity contribution is 6.30. The van der Waals surface area contributed by atoms with Gasteiger partial charge in [-0.15, -0.1) is 0 Å². The second-order valence-corrected chi connectivity index (χ2v) is 8.53. The van der Waals surface area contributed by atoms with E-state index >= 15 is 0 Å². The monoisotopic (exact) mass is 440 g/mol. The van der Waals surface area contributed by atoms with Gasteiger partial charge in [0.15, 0.2) is 0 Å². The molecule has 2 fully saturated rings. The third-order valence-corrected chi connectivity index (χ3v) is 6.22. The van der Waals surface area contributed by atoms with Crippen LogP contribution < -0.4 is 5.32 Å². The van der Waals surface area contributed by atoms with Crippen molar-refractivity contribution in [1.29, 1.82) is 0 Å². The van der Waals surface area contributed by atoms with Gasteiger partial charge in [-0.1, -0.05) is 54.1 Å². The quantitative estimate of drug-likeness (QED) is 0.725. The molecule has 8 heteroatoms. The van der Waals surface area contributed by atoms with Crippen LogP contribution >= 0.6 is 11.6 Å². The van der Waals surface area contributed by atoms with Crippen LogP contribution in [0, 0.1) is 0 Å². The lowest BCUT2D eigenvalue weighted by Crippen LogP contribution is -2.51. The summed E-state index contributed by atoms with van der Waals surface area (Å²) >= 11 is 5.93. The molecule has 1 N–H and O–H groups in total. The summed E-state index contributed by atoms with van der Waals surface area (Å²) in [6.07, 6.45) is 0. The third-order valence-electron chi connectivity index (χ3n) is 5.96. The fraction of sp³-hybridized carbons (Fsp3) is 0.348. The van der Waals surface area contributed by atoms with Gasteiger partial charge in [-0.25, -0.2) is 4.79 Å². The molecular formula is C23H25ClN4O3. The Kier molecular flexibility index (Phi) is 5.98. The molecular weight excluding hydrogens is 416 g/mol. The molecule has 1 atom stereocenters. The van der Waals surface area contributed by atoms with Crippen molar-refractivity contribution in [3.63, 3.8) is 0 Å². The van der Waals surface area contributed by atoms with Crippen LogP contribution in [0.5, 0.6) is 0 Å². The summed E-state index contributed by atoms with van der Waals surface area (Å²) in [5.74, 6) is -0.654. The molecule has 2 aromatic carbocycles. The summed E-state index contributed by atoms with van der Waals surface area (Å²) in [5, 5.41) is 3.27. The van der Waals surface area contributed by atoms with Gasteiger partial charge in [0.1, 0.15) is 12.1 Å². The van der Waals surface area contributed by atoms with E-state index in [9.17, 15) is 14.4 Å². The Balaban J connectivity index is 1.35. The van der Waals surface area contributed by atoms with Gasteiger partial charge in [0.05, 0.1) is 0 Å². The van der Waals surface area contributed by atoms with E-state index in [1.165, 1.54) is 5.56 Å². The number of hydrogen-bond donors (Lipinski definition) is 1. The number of carbonyl (C=O) groups is 3. The Hall–Kier alpha value is -2.90. The highest BCUT2D eigenvalue weighted by atomic mass is 35.5. The first-order chi connectivity index (χ1) is 14.9. The maximum atomic E-state index is 13.0. The van der Waals surface area contributed by atoms with E-state index in [1.807, 2.05) is 18.2 Å². The Morgan fingerprint density at radius 2 is 1.65 bits per heavy atom. The van der Waals surface area contributed by atoms with Gasteiger partial charge < -0.3 is 10.2 Å². The zero-order valence-corrected chi connectivity index (χ0v) is 18.1. The number of benzene rings is 2. The van der Waals surface area contributed by atoms with E-state index in [0.717, 1.165) is 24.5 Å². The van der Waals surface area contributed by atoms with E-state index in [-0.39, 0.29) is 12.5 Å². The van der Waals surface area contributed by atoms with Crippen LogP contribution in [0.3, 0.4) is 0 Å². The molecule has 4 amide bonds. The number of urea groups is 1. The summed E-state index contributed by atoms with van der Waals surface area (Å²) in [7, 11) is 0. The van der Waals surface area contributed by atoms with Crippen molar-refractivity contribution in [3.8, 4) is 0 Å². The largest absolute Gasteiger partial charge is 0.339 e. The van der Waals surface area contributed by atoms with Gasteiger partial charge in [0, 0.05) is 37.7 Å². The van der Waals surface area contributed by atoms with E-state index in [1.54, 1.807) is 36.1 Å². The van der Waals surface area contributed by atoms with Crippen molar-refractivity contribution in [2.24, 2.45) is 0 Å². The molecule has 2 aliphatic rings. The van der Waals surface area contributed by atoms with E-state index in [0.29, 0.717) is 23.7 Å². The summed E-state index contributed by atoms with van der Waals surface area (Å²) in [6, 6.07) is 16.4. The zero-order chi connectivity index (χ0) is 22.0. The van der Waals surface area contributed by atoms with Gasteiger partial charge >= 0.3 is 6.03 Å². The molecule has 2 aliphatic heterocycles.